The summed E-state index contributed by atoms with van der Waals surface area (Å²) in [7, 11) is 0. The van der Waals surface area contributed by atoms with Crippen LogP contribution < -0.4 is 0 Å². The van der Waals surface area contributed by atoms with Crippen LogP contribution in [0, 0.1) is 29.1 Å². The van der Waals surface area contributed by atoms with E-state index in [-0.39, 0.29) is 5.41 Å². The fourth-order valence-corrected chi connectivity index (χ4v) is 9.66. The van der Waals surface area contributed by atoms with Crippen LogP contribution in [-0.4, -0.2) is 19.9 Å². The highest BCUT2D eigenvalue weighted by Crippen LogP contribution is 2.61. The average Bonchev–Trinajstić information content (AvgIpc) is 3.29. The Kier molecular flexibility index (Phi) is 5.73. The Balaban J connectivity index is 1.15. The van der Waals surface area contributed by atoms with Crippen molar-refractivity contribution in [2.75, 3.05) is 0 Å². The lowest BCUT2D eigenvalue weighted by molar-refractivity contribution is -0.00517. The van der Waals surface area contributed by atoms with Gasteiger partial charge in [0.15, 0.2) is 17.5 Å². The van der Waals surface area contributed by atoms with Gasteiger partial charge in [0, 0.05) is 22.7 Å². The number of fused-ring (bicyclic) bond motifs is 3. The van der Waals surface area contributed by atoms with Crippen LogP contribution in [0.4, 0.5) is 0 Å². The third kappa shape index (κ3) is 4.19. The zero-order valence-electron chi connectivity index (χ0n) is 25.8. The third-order valence-corrected chi connectivity index (χ3v) is 11.4. The van der Waals surface area contributed by atoms with Gasteiger partial charge >= 0.3 is 0 Å². The lowest BCUT2D eigenvalue weighted by Crippen LogP contribution is -2.48. The highest BCUT2D eigenvalue weighted by atomic mass is 15.0. The lowest BCUT2D eigenvalue weighted by Gasteiger charge is -2.57. The van der Waals surface area contributed by atoms with Gasteiger partial charge in [-0.05, 0) is 120 Å². The van der Waals surface area contributed by atoms with Gasteiger partial charge in [0.25, 0.3) is 0 Å². The molecule has 0 unspecified atom stereocenters. The molecule has 10 rings (SSSR count). The number of hydrogen-bond donors (Lipinski definition) is 0. The van der Waals surface area contributed by atoms with Crippen molar-refractivity contribution >= 4 is 0 Å². The van der Waals surface area contributed by atoms with Crippen LogP contribution in [0.15, 0.2) is 85.1 Å². The fraction of sp³-hybridized carbons (Fsp3) is 0.325. The Labute approximate surface area is 264 Å². The summed E-state index contributed by atoms with van der Waals surface area (Å²) in [6.45, 7) is 4.69. The zero-order chi connectivity index (χ0) is 30.3. The maximum atomic E-state index is 9.52. The molecule has 5 heteroatoms. The molecule has 2 aromatic heterocycles. The fourth-order valence-electron chi connectivity index (χ4n) is 9.66. The monoisotopic (exact) mass is 585 g/mol. The quantitative estimate of drug-likeness (QED) is 0.210. The van der Waals surface area contributed by atoms with Gasteiger partial charge in [-0.1, -0.05) is 62.4 Å². The Morgan fingerprint density at radius 2 is 1.38 bits per heavy atom. The molecule has 4 fully saturated rings. The highest BCUT2D eigenvalue weighted by Gasteiger charge is 2.52. The zero-order valence-corrected chi connectivity index (χ0v) is 25.8. The van der Waals surface area contributed by atoms with E-state index in [0.717, 1.165) is 28.9 Å². The summed E-state index contributed by atoms with van der Waals surface area (Å²) >= 11 is 0. The van der Waals surface area contributed by atoms with E-state index in [2.05, 4.69) is 61.3 Å². The summed E-state index contributed by atoms with van der Waals surface area (Å²) in [6.07, 6.45) is 10.3. The third-order valence-electron chi connectivity index (χ3n) is 11.4. The molecule has 0 N–H and O–H groups in total. The number of pyridine rings is 1. The van der Waals surface area contributed by atoms with Crippen LogP contribution in [0.5, 0.6) is 0 Å². The molecule has 0 atom stereocenters. The van der Waals surface area contributed by atoms with Crippen molar-refractivity contribution in [3.8, 4) is 51.5 Å². The number of aromatic nitrogens is 4. The van der Waals surface area contributed by atoms with Crippen molar-refractivity contribution in [3.63, 3.8) is 0 Å². The van der Waals surface area contributed by atoms with E-state index in [9.17, 15) is 5.26 Å². The smallest absolute Gasteiger partial charge is 0.182 e. The molecule has 5 aromatic rings. The van der Waals surface area contributed by atoms with Crippen LogP contribution in [-0.2, 0) is 10.8 Å². The maximum absolute atomic E-state index is 9.52. The van der Waals surface area contributed by atoms with Crippen LogP contribution in [0.3, 0.4) is 0 Å². The van der Waals surface area contributed by atoms with Gasteiger partial charge in [-0.25, -0.2) is 15.0 Å². The van der Waals surface area contributed by atoms with E-state index in [1.165, 1.54) is 60.8 Å². The molecule has 2 heterocycles. The van der Waals surface area contributed by atoms with Crippen molar-refractivity contribution in [1.82, 2.24) is 19.9 Å². The van der Waals surface area contributed by atoms with E-state index >= 15 is 0 Å². The molecule has 0 amide bonds. The molecule has 0 aliphatic heterocycles. The number of nitrogens with zero attached hydrogens (tertiary/aromatic N) is 5. The molecule has 0 radical (unpaired) electrons. The molecule has 5 aliphatic rings. The second kappa shape index (κ2) is 9.65. The maximum Gasteiger partial charge on any atom is 0.182 e. The standard InChI is InChI=1S/C40H35N5/c1-39(2)33-12-10-30(40-20-25-14-26(21-40)16-27(15-25)22-40)19-32(33)31-11-9-29(18-34(31)39)37-43-36(28-7-5-6-24(17-28)23-41)44-38(45-37)35-8-3-4-13-42-35/h3-13,17-19,25-27H,14-16,20-22H2,1-2H3/t25-,26+,27-,40?. The summed E-state index contributed by atoms with van der Waals surface area (Å²) in [4.78, 5) is 19.2. The Hall–Kier alpha value is -4.69. The van der Waals surface area contributed by atoms with Crippen molar-refractivity contribution in [2.24, 2.45) is 17.8 Å². The van der Waals surface area contributed by atoms with Gasteiger partial charge in [0.1, 0.15) is 5.69 Å². The summed E-state index contributed by atoms with van der Waals surface area (Å²) in [5, 5.41) is 9.52. The lowest BCUT2D eigenvalue weighted by atomic mass is 9.48. The summed E-state index contributed by atoms with van der Waals surface area (Å²) < 4.78 is 0. The largest absolute Gasteiger partial charge is 0.253 e. The van der Waals surface area contributed by atoms with Crippen LogP contribution in [0.2, 0.25) is 0 Å². The van der Waals surface area contributed by atoms with Crippen LogP contribution in [0.25, 0.3) is 45.4 Å². The number of nitriles is 1. The van der Waals surface area contributed by atoms with Gasteiger partial charge < -0.3 is 0 Å². The summed E-state index contributed by atoms with van der Waals surface area (Å²) in [5.41, 5.74) is 10.2. The molecule has 45 heavy (non-hydrogen) atoms. The van der Waals surface area contributed by atoms with Gasteiger partial charge in [0.05, 0.1) is 11.6 Å². The van der Waals surface area contributed by atoms with Gasteiger partial charge in [-0.2, -0.15) is 5.26 Å². The highest BCUT2D eigenvalue weighted by molar-refractivity contribution is 5.83. The molecule has 5 aliphatic carbocycles. The van der Waals surface area contributed by atoms with Crippen LogP contribution in [0.1, 0.15) is 74.6 Å². The van der Waals surface area contributed by atoms with Crippen molar-refractivity contribution < 1.29 is 0 Å². The SMILES string of the molecule is CC1(C)c2ccc(C34C[C@H]5C[C@@H](C3)C[C@@H](C4)C5)cc2-c2ccc(-c3nc(-c4cccc(C#N)c4)nc(-c4ccccn4)n3)cc21. The number of rotatable bonds is 4. The molecule has 220 valence electrons. The molecule has 0 saturated heterocycles. The molecular formula is C40H35N5. The van der Waals surface area contributed by atoms with Gasteiger partial charge in [0.2, 0.25) is 0 Å². The van der Waals surface area contributed by atoms with E-state index in [1.54, 1.807) is 17.8 Å². The molecule has 4 bridgehead atoms. The van der Waals surface area contributed by atoms with E-state index < -0.39 is 0 Å². The molecule has 3 aromatic carbocycles. The van der Waals surface area contributed by atoms with Gasteiger partial charge in [-0.3, -0.25) is 4.98 Å². The number of hydrogen-bond acceptors (Lipinski definition) is 5. The summed E-state index contributed by atoms with van der Waals surface area (Å²) in [5.74, 6) is 4.44. The second-order valence-electron chi connectivity index (χ2n) is 14.6. The van der Waals surface area contributed by atoms with Crippen molar-refractivity contribution in [1.29, 1.82) is 5.26 Å². The number of benzene rings is 3. The average molecular weight is 586 g/mol. The Bertz CT molecular complexity index is 2000. The van der Waals surface area contributed by atoms with Crippen LogP contribution >= 0.6 is 0 Å². The Morgan fingerprint density at radius 1 is 0.667 bits per heavy atom. The predicted molar refractivity (Wildman–Crippen MR) is 176 cm³/mol. The molecular weight excluding hydrogens is 550 g/mol. The normalized spacial score (nSPS) is 25.0. The Morgan fingerprint density at radius 3 is 2.07 bits per heavy atom. The van der Waals surface area contributed by atoms with Crippen molar-refractivity contribution in [2.45, 2.75) is 63.2 Å². The molecule has 0 spiro atoms. The first-order chi connectivity index (χ1) is 21.9. The second-order valence-corrected chi connectivity index (χ2v) is 14.6. The minimum atomic E-state index is -0.137. The minimum absolute atomic E-state index is 0.137. The van der Waals surface area contributed by atoms with Gasteiger partial charge in [-0.15, -0.1) is 0 Å². The van der Waals surface area contributed by atoms with E-state index in [1.807, 2.05) is 36.4 Å². The first kappa shape index (κ1) is 26.7. The molecule has 4 saturated carbocycles. The topological polar surface area (TPSA) is 75.3 Å². The first-order valence-corrected chi connectivity index (χ1v) is 16.4. The minimum Gasteiger partial charge on any atom is -0.253 e. The van der Waals surface area contributed by atoms with E-state index in [4.69, 9.17) is 15.0 Å². The van der Waals surface area contributed by atoms with Crippen molar-refractivity contribution in [3.05, 3.63) is 107 Å². The predicted octanol–water partition coefficient (Wildman–Crippen LogP) is 8.91. The molecule has 5 nitrogen and oxygen atoms in total. The summed E-state index contributed by atoms with van der Waals surface area (Å²) in [6, 6.07) is 29.6. The first-order valence-electron chi connectivity index (χ1n) is 16.4. The van der Waals surface area contributed by atoms with E-state index in [0.29, 0.717) is 34.1 Å².